The Bertz CT molecular complexity index is 1570. The van der Waals surface area contributed by atoms with Crippen LogP contribution in [0.1, 0.15) is 42.0 Å². The van der Waals surface area contributed by atoms with E-state index in [4.69, 9.17) is 4.98 Å². The molecule has 13 heteroatoms. The van der Waals surface area contributed by atoms with E-state index in [1.165, 1.54) is 30.1 Å². The number of imidazole rings is 1. The molecule has 39 heavy (non-hydrogen) atoms. The molecule has 0 saturated heterocycles. The lowest BCUT2D eigenvalue weighted by Crippen LogP contribution is -2.57. The molecule has 0 aliphatic heterocycles. The zero-order valence-corrected chi connectivity index (χ0v) is 22.7. The van der Waals surface area contributed by atoms with Crippen molar-refractivity contribution in [2.45, 2.75) is 43.9 Å². The number of thiazole rings is 1. The number of carbonyl (C=O) groups excluding carboxylic acids is 1. The van der Waals surface area contributed by atoms with Gasteiger partial charge in [0, 0.05) is 18.0 Å². The summed E-state index contributed by atoms with van der Waals surface area (Å²) in [7, 11) is 0. The van der Waals surface area contributed by atoms with Crippen LogP contribution in [0.3, 0.4) is 0 Å². The van der Waals surface area contributed by atoms with Crippen LogP contribution in [0, 0.1) is 5.82 Å². The highest BCUT2D eigenvalue weighted by Gasteiger charge is 2.46. The average molecular weight is 569 g/mol. The maximum Gasteiger partial charge on any atom is 0.280 e. The van der Waals surface area contributed by atoms with E-state index in [1.54, 1.807) is 49.0 Å². The molecule has 5 aromatic rings. The number of halogens is 2. The zero-order chi connectivity index (χ0) is 27.6. The molecule has 1 aliphatic carbocycles. The molecular weight excluding hydrogens is 543 g/mol. The third kappa shape index (κ3) is 5.02. The summed E-state index contributed by atoms with van der Waals surface area (Å²) in [6.45, 7) is 1.71. The van der Waals surface area contributed by atoms with Gasteiger partial charge in [0.25, 0.3) is 5.91 Å². The summed E-state index contributed by atoms with van der Waals surface area (Å²) < 4.78 is 16.9. The topological polar surface area (TPSA) is 134 Å². The first kappa shape index (κ1) is 26.9. The van der Waals surface area contributed by atoms with E-state index in [9.17, 15) is 9.90 Å². The van der Waals surface area contributed by atoms with Crippen LogP contribution < -0.4 is 5.32 Å². The lowest BCUT2D eigenvalue weighted by atomic mass is 9.77. The highest BCUT2D eigenvalue weighted by molar-refractivity contribution is 7.11. The van der Waals surface area contributed by atoms with Crippen molar-refractivity contribution in [1.82, 2.24) is 40.0 Å². The number of nitrogens with zero attached hydrogens (tertiary/aromatic N) is 6. The van der Waals surface area contributed by atoms with Gasteiger partial charge in [-0.2, -0.15) is 5.10 Å². The number of aromatic amines is 1. The number of rotatable bonds is 5. The van der Waals surface area contributed by atoms with Gasteiger partial charge in [0.2, 0.25) is 0 Å². The van der Waals surface area contributed by atoms with Gasteiger partial charge in [-0.05, 0) is 44.4 Å². The van der Waals surface area contributed by atoms with Gasteiger partial charge in [-0.15, -0.1) is 22.9 Å². The molecule has 1 aliphatic rings. The second-order valence-electron chi connectivity index (χ2n) is 9.21. The molecule has 1 saturated carbocycles. The molecule has 10 nitrogen and oxygen atoms in total. The predicted molar refractivity (Wildman–Crippen MR) is 147 cm³/mol. The Kier molecular flexibility index (Phi) is 7.69. The number of hydrogen-bond acceptors (Lipinski definition) is 8. The van der Waals surface area contributed by atoms with Crippen LogP contribution in [0.15, 0.2) is 54.4 Å². The Morgan fingerprint density at radius 1 is 1.26 bits per heavy atom. The molecule has 4 heterocycles. The first-order chi connectivity index (χ1) is 18.9. The molecule has 3 unspecified atom stereocenters. The van der Waals surface area contributed by atoms with Crippen LogP contribution >= 0.6 is 22.9 Å². The molecule has 3 N–H and O–H groups in total. The number of alkyl halides is 1. The highest BCUT2D eigenvalue weighted by atomic mass is 35.5. The quantitative estimate of drug-likeness (QED) is 0.264. The van der Waals surface area contributed by atoms with Gasteiger partial charge >= 0.3 is 0 Å². The van der Waals surface area contributed by atoms with Crippen molar-refractivity contribution in [1.29, 1.82) is 0 Å². The third-order valence-electron chi connectivity index (χ3n) is 6.94. The number of aromatic nitrogens is 7. The molecule has 6 rings (SSSR count). The molecule has 3 atom stereocenters. The maximum absolute atomic E-state index is 15.0. The summed E-state index contributed by atoms with van der Waals surface area (Å²) >= 11 is 5.88. The fourth-order valence-corrected chi connectivity index (χ4v) is 5.64. The summed E-state index contributed by atoms with van der Waals surface area (Å²) in [5.74, 6) is 0.0990. The smallest absolute Gasteiger partial charge is 0.280 e. The minimum atomic E-state index is -1.38. The van der Waals surface area contributed by atoms with Gasteiger partial charge in [0.05, 0.1) is 29.4 Å². The molecule has 202 valence electrons. The van der Waals surface area contributed by atoms with Crippen LogP contribution in [-0.4, -0.2) is 63.7 Å². The third-order valence-corrected chi connectivity index (χ3v) is 7.71. The Morgan fingerprint density at radius 3 is 2.79 bits per heavy atom. The second-order valence-corrected chi connectivity index (χ2v) is 10.1. The Morgan fingerprint density at radius 2 is 2.08 bits per heavy atom. The summed E-state index contributed by atoms with van der Waals surface area (Å²) in [6.07, 6.45) is 7.97. The SMILES string of the molecule is CC1(O)C(NC(=O)c2nccs2)CCCC1n1c(-c2ccccc2F)nc2cnc(-c3ncn[nH]3)cc21.CCl. The van der Waals surface area contributed by atoms with Gasteiger partial charge in [-0.25, -0.2) is 19.3 Å². The number of H-pyrrole nitrogens is 1. The van der Waals surface area contributed by atoms with Gasteiger partial charge in [-0.1, -0.05) is 12.1 Å². The number of fused-ring (bicyclic) bond motifs is 1. The Balaban J connectivity index is 0.00000151. The molecule has 0 radical (unpaired) electrons. The van der Waals surface area contributed by atoms with Crippen LogP contribution in [-0.2, 0) is 0 Å². The van der Waals surface area contributed by atoms with Crippen molar-refractivity contribution in [3.63, 3.8) is 0 Å². The van der Waals surface area contributed by atoms with Crippen LogP contribution in [0.5, 0.6) is 0 Å². The van der Waals surface area contributed by atoms with Gasteiger partial charge in [0.1, 0.15) is 34.8 Å². The van der Waals surface area contributed by atoms with Crippen molar-refractivity contribution >= 4 is 39.9 Å². The molecule has 4 aromatic heterocycles. The summed E-state index contributed by atoms with van der Waals surface area (Å²) in [5, 5.41) is 23.7. The fourth-order valence-electron chi connectivity index (χ4n) is 5.10. The van der Waals surface area contributed by atoms with Gasteiger partial charge in [0.15, 0.2) is 10.8 Å². The van der Waals surface area contributed by atoms with E-state index in [2.05, 4.69) is 42.1 Å². The van der Waals surface area contributed by atoms with Crippen LogP contribution in [0.25, 0.3) is 33.9 Å². The number of nitrogens with one attached hydrogen (secondary N) is 2. The predicted octanol–water partition coefficient (Wildman–Crippen LogP) is 4.61. The molecule has 1 fully saturated rings. The number of pyridine rings is 1. The van der Waals surface area contributed by atoms with Gasteiger partial charge < -0.3 is 15.0 Å². The van der Waals surface area contributed by atoms with Crippen LogP contribution in [0.4, 0.5) is 4.39 Å². The standard InChI is InChI=1S/C25H23FN8O2S.CH3Cl/c1-25(36)19(32-23(35)24-27-9-10-37-24)7-4-8-20(25)34-18-11-16(21-29-13-30-33-21)28-12-17(18)31-22(34)14-5-2-3-6-15(14)26;1-2/h2-3,5-6,9-13,19-20,36H,4,7-8H2,1H3,(H,32,35)(H,29,30,33);1H3. The number of benzene rings is 1. The van der Waals surface area contributed by atoms with Crippen molar-refractivity contribution in [3.8, 4) is 22.9 Å². The molecule has 1 aromatic carbocycles. The van der Waals surface area contributed by atoms with Crippen molar-refractivity contribution in [2.75, 3.05) is 6.38 Å². The van der Waals surface area contributed by atoms with E-state index >= 15 is 4.39 Å². The van der Waals surface area contributed by atoms with Crippen molar-refractivity contribution in [2.24, 2.45) is 0 Å². The van der Waals surface area contributed by atoms with E-state index in [-0.39, 0.29) is 5.91 Å². The van der Waals surface area contributed by atoms with E-state index in [0.29, 0.717) is 51.8 Å². The lowest BCUT2D eigenvalue weighted by molar-refractivity contribution is -0.0486. The maximum atomic E-state index is 15.0. The largest absolute Gasteiger partial charge is 0.386 e. The second kappa shape index (κ2) is 11.2. The monoisotopic (exact) mass is 568 g/mol. The summed E-state index contributed by atoms with van der Waals surface area (Å²) in [6, 6.07) is 7.15. The number of aliphatic hydroxyl groups is 1. The fraction of sp³-hybridized carbons (Fsp3) is 0.308. The van der Waals surface area contributed by atoms with Gasteiger partial charge in [-0.3, -0.25) is 14.9 Å². The van der Waals surface area contributed by atoms with E-state index < -0.39 is 23.5 Å². The highest BCUT2D eigenvalue weighted by Crippen LogP contribution is 2.42. The minimum absolute atomic E-state index is 0.310. The van der Waals surface area contributed by atoms with E-state index in [1.807, 2.05) is 4.57 Å². The first-order valence-electron chi connectivity index (χ1n) is 12.2. The van der Waals surface area contributed by atoms with Crippen LogP contribution in [0.2, 0.25) is 0 Å². The number of carbonyl (C=O) groups is 1. The average Bonchev–Trinajstić information content (AvgIpc) is 3.72. The van der Waals surface area contributed by atoms with E-state index in [0.717, 1.165) is 6.42 Å². The number of amides is 1. The van der Waals surface area contributed by atoms with Crippen molar-refractivity contribution < 1.29 is 14.3 Å². The molecule has 1 amide bonds. The minimum Gasteiger partial charge on any atom is -0.386 e. The zero-order valence-electron chi connectivity index (χ0n) is 21.2. The lowest BCUT2D eigenvalue weighted by Gasteiger charge is -2.44. The normalized spacial score (nSPS) is 20.8. The molecular formula is C26H26ClFN8O2S. The van der Waals surface area contributed by atoms with Crippen molar-refractivity contribution in [3.05, 3.63) is 65.3 Å². The summed E-state index contributed by atoms with van der Waals surface area (Å²) in [4.78, 5) is 30.3. The molecule has 0 bridgehead atoms. The summed E-state index contributed by atoms with van der Waals surface area (Å²) in [5.41, 5.74) is 0.678. The molecule has 0 spiro atoms. The number of hydrogen-bond donors (Lipinski definition) is 3. The Hall–Kier alpha value is -3.74. The Labute approximate surface area is 232 Å². The first-order valence-corrected chi connectivity index (χ1v) is 13.9.